The highest BCUT2D eigenvalue weighted by Gasteiger charge is 2.42. The van der Waals surface area contributed by atoms with Crippen LogP contribution in [0.15, 0.2) is 0 Å². The van der Waals surface area contributed by atoms with Gasteiger partial charge in [-0.25, -0.2) is 0 Å². The maximum Gasteiger partial charge on any atom is 0.119 e. The molecule has 0 radical (unpaired) electrons. The van der Waals surface area contributed by atoms with Crippen molar-refractivity contribution in [3.63, 3.8) is 0 Å². The molecule has 0 aliphatic heterocycles. The van der Waals surface area contributed by atoms with Crippen molar-refractivity contribution >= 4 is 24.7 Å². The molecule has 0 N–H and O–H groups in total. The van der Waals surface area contributed by atoms with E-state index in [1.165, 1.54) is 25.7 Å². The van der Waals surface area contributed by atoms with Crippen LogP contribution in [-0.4, -0.2) is 52.6 Å². The van der Waals surface area contributed by atoms with Crippen LogP contribution in [0.25, 0.3) is 0 Å². The molecule has 0 bridgehead atoms. The predicted molar refractivity (Wildman–Crippen MR) is 106 cm³/mol. The second kappa shape index (κ2) is 6.59. The summed E-state index contributed by atoms with van der Waals surface area (Å²) in [6.45, 7) is 22.8. The Morgan fingerprint density at radius 2 is 1.10 bits per heavy atom. The van der Waals surface area contributed by atoms with Crippen LogP contribution in [0.1, 0.15) is 25.7 Å². The zero-order valence-corrected chi connectivity index (χ0v) is 19.4. The normalized spacial score (nSPS) is 25.7. The van der Waals surface area contributed by atoms with E-state index in [1.807, 2.05) is 0 Å². The lowest BCUT2D eigenvalue weighted by molar-refractivity contribution is 0.216. The summed E-state index contributed by atoms with van der Waals surface area (Å²) >= 11 is 0. The van der Waals surface area contributed by atoms with E-state index < -0.39 is 24.7 Å². The zero-order valence-electron chi connectivity index (χ0n) is 16.4. The zero-order chi connectivity index (χ0) is 16.6. The van der Waals surface area contributed by atoms with Crippen molar-refractivity contribution in [2.45, 2.75) is 96.7 Å². The van der Waals surface area contributed by atoms with Gasteiger partial charge in [0.05, 0.1) is 0 Å². The Kier molecular flexibility index (Phi) is 6.16. The van der Waals surface area contributed by atoms with E-state index in [0.717, 1.165) is 12.1 Å². The lowest BCUT2D eigenvalue weighted by atomic mass is 9.92. The average Bonchev–Trinajstić information content (AvgIpc) is 2.23. The molecule has 5 heteroatoms. The van der Waals surface area contributed by atoms with E-state index in [0.29, 0.717) is 0 Å². The molecule has 0 aromatic rings. The van der Waals surface area contributed by atoms with Crippen LogP contribution in [0.2, 0.25) is 58.9 Å². The summed E-state index contributed by atoms with van der Waals surface area (Å²) in [7, 11) is -1.23. The molecule has 0 spiro atoms. The van der Waals surface area contributed by atoms with Gasteiger partial charge in [0.25, 0.3) is 0 Å². The molecule has 1 aliphatic carbocycles. The van der Waals surface area contributed by atoms with Crippen LogP contribution < -0.4 is 0 Å². The Balaban J connectivity index is 2.92. The molecule has 2 unspecified atom stereocenters. The highest BCUT2D eigenvalue weighted by Crippen LogP contribution is 2.34. The van der Waals surface area contributed by atoms with Crippen molar-refractivity contribution in [3.05, 3.63) is 0 Å². The number of rotatable bonds is 5. The van der Waals surface area contributed by atoms with E-state index in [9.17, 15) is 0 Å². The Labute approximate surface area is 137 Å². The fourth-order valence-corrected chi connectivity index (χ4v) is 16.4. The molecule has 0 aromatic carbocycles. The summed E-state index contributed by atoms with van der Waals surface area (Å²) in [6.07, 6.45) is 5.69. The summed E-state index contributed by atoms with van der Waals surface area (Å²) in [5.74, 6) is 0. The first-order valence-electron chi connectivity index (χ1n) is 8.77. The third-order valence-electron chi connectivity index (χ3n) is 5.04. The van der Waals surface area contributed by atoms with Gasteiger partial charge in [-0.05, 0) is 32.4 Å². The van der Waals surface area contributed by atoms with Gasteiger partial charge in [0.1, 0.15) is 24.7 Å². The van der Waals surface area contributed by atoms with E-state index in [4.69, 9.17) is 0 Å². The molecule has 21 heavy (non-hydrogen) atoms. The standard InChI is InChI=1S/C16H40N2Si3/c1-17(19(2,3)4)15-12-11-13-16(14-15)18(20(5,6)7)21(8,9)10/h15-16H,11-14H2,1-10H3. The van der Waals surface area contributed by atoms with E-state index in [1.54, 1.807) is 0 Å². The molecule has 1 aliphatic rings. The molecule has 2 nitrogen and oxygen atoms in total. The molecular weight excluding hydrogens is 304 g/mol. The summed E-state index contributed by atoms with van der Waals surface area (Å²) in [6, 6.07) is 1.67. The number of hydrogen-bond acceptors (Lipinski definition) is 2. The molecule has 0 aromatic heterocycles. The summed E-state index contributed by atoms with van der Waals surface area (Å²) in [5, 5.41) is 0. The second-order valence-electron chi connectivity index (χ2n) is 9.97. The summed E-state index contributed by atoms with van der Waals surface area (Å²) in [4.78, 5) is 0. The van der Waals surface area contributed by atoms with E-state index >= 15 is 0 Å². The van der Waals surface area contributed by atoms with Crippen molar-refractivity contribution in [3.8, 4) is 0 Å². The average molecular weight is 345 g/mol. The smallest absolute Gasteiger partial charge is 0.119 e. The fourth-order valence-electron chi connectivity index (χ4n) is 4.37. The van der Waals surface area contributed by atoms with Gasteiger partial charge in [0.2, 0.25) is 0 Å². The number of hydrogen-bond donors (Lipinski definition) is 0. The van der Waals surface area contributed by atoms with Gasteiger partial charge >= 0.3 is 0 Å². The van der Waals surface area contributed by atoms with Gasteiger partial charge in [-0.15, -0.1) is 0 Å². The van der Waals surface area contributed by atoms with E-state index in [2.05, 4.69) is 74.8 Å². The van der Waals surface area contributed by atoms with E-state index in [-0.39, 0.29) is 0 Å². The fraction of sp³-hybridized carbons (Fsp3) is 1.00. The summed E-state index contributed by atoms with van der Waals surface area (Å²) in [5.41, 5.74) is 0. The van der Waals surface area contributed by atoms with Crippen molar-refractivity contribution < 1.29 is 0 Å². The minimum atomic E-state index is -1.23. The summed E-state index contributed by atoms with van der Waals surface area (Å²) < 4.78 is 5.83. The second-order valence-corrected chi connectivity index (χ2v) is 25.1. The third-order valence-corrected chi connectivity index (χ3v) is 15.2. The predicted octanol–water partition coefficient (Wildman–Crippen LogP) is 5.04. The van der Waals surface area contributed by atoms with Crippen LogP contribution in [-0.2, 0) is 0 Å². The van der Waals surface area contributed by atoms with Gasteiger partial charge in [-0.3, -0.25) is 0 Å². The van der Waals surface area contributed by atoms with Crippen LogP contribution in [0, 0.1) is 0 Å². The first-order valence-corrected chi connectivity index (χ1v) is 19.1. The highest BCUT2D eigenvalue weighted by atomic mass is 28.4. The first kappa shape index (κ1) is 19.6. The third kappa shape index (κ3) is 5.30. The maximum absolute atomic E-state index is 3.06. The SMILES string of the molecule is CN(C1CCCC(N([Si](C)(C)C)[Si](C)(C)C)C1)[Si](C)(C)C. The van der Waals surface area contributed by atoms with Crippen molar-refractivity contribution in [2.24, 2.45) is 0 Å². The molecule has 1 fully saturated rings. The largest absolute Gasteiger partial charge is 0.343 e. The minimum Gasteiger partial charge on any atom is -0.343 e. The van der Waals surface area contributed by atoms with Crippen LogP contribution in [0.3, 0.4) is 0 Å². The van der Waals surface area contributed by atoms with Crippen LogP contribution >= 0.6 is 0 Å². The topological polar surface area (TPSA) is 6.48 Å². The molecule has 0 amide bonds. The minimum absolute atomic E-state index is 0.825. The molecule has 0 heterocycles. The van der Waals surface area contributed by atoms with Gasteiger partial charge in [-0.2, -0.15) is 0 Å². The Morgan fingerprint density at radius 3 is 1.48 bits per heavy atom. The highest BCUT2D eigenvalue weighted by molar-refractivity contribution is 6.89. The molecule has 1 rings (SSSR count). The Bertz CT molecular complexity index is 325. The first-order chi connectivity index (χ1) is 9.24. The van der Waals surface area contributed by atoms with Crippen molar-refractivity contribution in [2.75, 3.05) is 7.05 Å². The molecular formula is C16H40N2Si3. The van der Waals surface area contributed by atoms with Crippen molar-refractivity contribution in [1.82, 2.24) is 8.80 Å². The van der Waals surface area contributed by atoms with Crippen molar-refractivity contribution in [1.29, 1.82) is 0 Å². The molecule has 0 saturated heterocycles. The quantitative estimate of drug-likeness (QED) is 0.645. The van der Waals surface area contributed by atoms with Gasteiger partial charge < -0.3 is 8.80 Å². The van der Waals surface area contributed by atoms with Crippen LogP contribution in [0.4, 0.5) is 0 Å². The monoisotopic (exact) mass is 344 g/mol. The maximum atomic E-state index is 3.06. The number of nitrogens with zero attached hydrogens (tertiary/aromatic N) is 2. The lowest BCUT2D eigenvalue weighted by Crippen LogP contribution is -2.65. The van der Waals surface area contributed by atoms with Gasteiger partial charge in [0, 0.05) is 6.04 Å². The molecule has 1 saturated carbocycles. The molecule has 126 valence electrons. The molecule has 2 atom stereocenters. The Hall–Kier alpha value is 0.571. The Morgan fingerprint density at radius 1 is 0.667 bits per heavy atom. The van der Waals surface area contributed by atoms with Crippen LogP contribution in [0.5, 0.6) is 0 Å². The van der Waals surface area contributed by atoms with Gasteiger partial charge in [-0.1, -0.05) is 65.3 Å². The van der Waals surface area contributed by atoms with Gasteiger partial charge in [0.15, 0.2) is 0 Å². The lowest BCUT2D eigenvalue weighted by Gasteiger charge is -2.52.